The molecule has 2 nitrogen and oxygen atoms in total. The molecule has 0 amide bonds. The molecule has 0 saturated carbocycles. The van der Waals surface area contributed by atoms with Gasteiger partial charge in [-0.15, -0.1) is 0 Å². The Morgan fingerprint density at radius 3 is 0.846 bits per heavy atom. The van der Waals surface area contributed by atoms with Crippen molar-refractivity contribution in [3.8, 4) is 90.0 Å². The molecule has 19 aromatic carbocycles. The molecule has 0 unspecified atom stereocenters. The second-order valence-electron chi connectivity index (χ2n) is 39.9. The van der Waals surface area contributed by atoms with Crippen LogP contribution in [0.25, 0.3) is 175 Å². The molecule has 2 heteroatoms. The molecule has 0 spiro atoms. The fourth-order valence-corrected chi connectivity index (χ4v) is 19.9. The smallest absolute Gasteiger partial charge is 0.0992 e. The van der Waals surface area contributed by atoms with Crippen LogP contribution in [0.15, 0.2) is 334 Å². The van der Waals surface area contributed by atoms with E-state index in [-0.39, 0.29) is 32.5 Å². The van der Waals surface area contributed by atoms with Crippen molar-refractivity contribution in [3.05, 3.63) is 384 Å². The van der Waals surface area contributed by atoms with E-state index in [0.29, 0.717) is 11.1 Å². The van der Waals surface area contributed by atoms with Gasteiger partial charge in [0, 0.05) is 5.41 Å². The van der Waals surface area contributed by atoms with Crippen LogP contribution in [0.5, 0.6) is 0 Å². The Hall–Kier alpha value is -13.5. The van der Waals surface area contributed by atoms with Crippen molar-refractivity contribution in [2.24, 2.45) is 0 Å². The van der Waals surface area contributed by atoms with E-state index < -0.39 is 0 Å². The van der Waals surface area contributed by atoms with E-state index in [2.05, 4.69) is 445 Å². The molecule has 0 aromatic heterocycles. The lowest BCUT2D eigenvalue weighted by Crippen LogP contribution is -2.16. The Morgan fingerprint density at radius 2 is 0.488 bits per heavy atom. The predicted molar refractivity (Wildman–Crippen MR) is 530 cm³/mol. The van der Waals surface area contributed by atoms with E-state index in [0.717, 1.165) is 11.1 Å². The Bertz CT molecular complexity index is 7550. The summed E-state index contributed by atoms with van der Waals surface area (Å²) in [6.07, 6.45) is 0. The van der Waals surface area contributed by atoms with Crippen LogP contribution in [0.3, 0.4) is 0 Å². The number of fused-ring (bicyclic) bond motifs is 12. The van der Waals surface area contributed by atoms with Gasteiger partial charge >= 0.3 is 0 Å². The molecule has 19 aromatic rings. The lowest BCUT2D eigenvalue weighted by Gasteiger charge is -2.28. The maximum absolute atomic E-state index is 9.55. The average Bonchev–Trinajstić information content (AvgIpc) is 1.57. The molecule has 0 aliphatic heterocycles. The van der Waals surface area contributed by atoms with Gasteiger partial charge in [-0.3, -0.25) is 0 Å². The molecule has 0 fully saturated rings. The van der Waals surface area contributed by atoms with Crippen molar-refractivity contribution in [3.63, 3.8) is 0 Å². The third-order valence-electron chi connectivity index (χ3n) is 25.9. The third kappa shape index (κ3) is 14.8. The zero-order chi connectivity index (χ0) is 86.0. The van der Waals surface area contributed by atoms with Gasteiger partial charge in [0.05, 0.1) is 23.3 Å². The summed E-state index contributed by atoms with van der Waals surface area (Å²) < 4.78 is 0. The first kappa shape index (κ1) is 80.6. The standard InChI is InChI=1S/C43H36.C42H44.C36H26N2/c1-42(2,3)41-36-16-9-8-15-34(36)40(31-19-18-27-12-6-7-13-28(27)24-31)35-23-21-29(25-37(35)41)30-20-22-33-32-14-10-11-17-38(32)43(4,5)39(33)26-30;1-40(2,3)32-23-31(24-33(26-32)41(4,5)6)29-20-21-35-37(25-29)39(42(7,8)9)36-17-13-12-16-34(36)38(35)30-19-18-27-14-10-11-15-28(27)22-30;1-36(2,3)35-32-11-7-6-10-30(32)34(28-13-12-25-8-4-5-9-26(25)19-28)31-15-14-27(20-33(31)35)29-17-23(21-37)16-24(18-29)22-38/h6-26H,1-5H3;10-26H,1-9H3;4-20H,1-3H3. The monoisotopic (exact) mass is 1590 g/mol. The van der Waals surface area contributed by atoms with Gasteiger partial charge in [0.25, 0.3) is 0 Å². The van der Waals surface area contributed by atoms with Gasteiger partial charge in [0.15, 0.2) is 0 Å². The van der Waals surface area contributed by atoms with Crippen molar-refractivity contribution in [2.45, 2.75) is 150 Å². The molecular weight excluding hydrogens is 1480 g/mol. The van der Waals surface area contributed by atoms with Crippen LogP contribution in [-0.2, 0) is 32.5 Å². The van der Waals surface area contributed by atoms with Crippen LogP contribution in [0.2, 0.25) is 0 Å². The second kappa shape index (κ2) is 30.6. The van der Waals surface area contributed by atoms with Crippen LogP contribution in [0, 0.1) is 22.7 Å². The fraction of sp³-hybridized carbons (Fsp3) is 0.190. The molecule has 0 saturated heterocycles. The zero-order valence-electron chi connectivity index (χ0n) is 74.1. The summed E-state index contributed by atoms with van der Waals surface area (Å²) in [5.41, 5.74) is 28.0. The lowest BCUT2D eigenvalue weighted by molar-refractivity contribution is 0.569. The molecule has 123 heavy (non-hydrogen) atoms. The first-order valence-electron chi connectivity index (χ1n) is 43.6. The summed E-state index contributed by atoms with van der Waals surface area (Å²) in [4.78, 5) is 0. The summed E-state index contributed by atoms with van der Waals surface area (Å²) in [7, 11) is 0. The Balaban J connectivity index is 0.000000126. The SMILES string of the molecule is CC(C)(C)c1c2ccccc2c(-c2ccc3ccccc3c2)c2ccc(-c3cc(C#N)cc(C#N)c3)cc12.CC(C)(C)c1c2ccccc2c(-c2ccc3ccccc3c2)c2ccc(-c3ccc4c(c3)C(C)(C)c3ccccc3-4)cc12.CC(C)(C)c1cc(-c2ccc3c(-c4ccc5ccccc5c4)c4ccccc4c(C(C)(C)C)c3c2)cc(C(C)(C)C)c1. The van der Waals surface area contributed by atoms with Gasteiger partial charge in [-0.05, 0) is 302 Å². The summed E-state index contributed by atoms with van der Waals surface area (Å²) in [5.74, 6) is 0. The minimum atomic E-state index is -0.106. The first-order valence-corrected chi connectivity index (χ1v) is 43.6. The van der Waals surface area contributed by atoms with E-state index in [1.165, 1.54) is 203 Å². The molecule has 1 aliphatic rings. The quantitative estimate of drug-likeness (QED) is 0.156. The summed E-state index contributed by atoms with van der Waals surface area (Å²) in [6, 6.07) is 127. The van der Waals surface area contributed by atoms with Gasteiger partial charge in [-0.25, -0.2) is 0 Å². The summed E-state index contributed by atoms with van der Waals surface area (Å²) >= 11 is 0. The van der Waals surface area contributed by atoms with Crippen molar-refractivity contribution in [2.75, 3.05) is 0 Å². The van der Waals surface area contributed by atoms with Crippen molar-refractivity contribution >= 4 is 97.0 Å². The summed E-state index contributed by atoms with van der Waals surface area (Å²) in [6.45, 7) is 39.6. The van der Waals surface area contributed by atoms with Gasteiger partial charge in [-0.2, -0.15) is 10.5 Å². The molecule has 600 valence electrons. The molecular formula is C121H106N2. The highest BCUT2D eigenvalue weighted by Crippen LogP contribution is 2.53. The van der Waals surface area contributed by atoms with Crippen LogP contribution in [-0.4, -0.2) is 0 Å². The number of rotatable bonds is 6. The average molecular weight is 1590 g/mol. The Kier molecular flexibility index (Phi) is 20.0. The van der Waals surface area contributed by atoms with Crippen LogP contribution < -0.4 is 0 Å². The Morgan fingerprint density at radius 1 is 0.203 bits per heavy atom. The summed E-state index contributed by atoms with van der Waals surface area (Å²) in [5, 5.41) is 42.2. The first-order chi connectivity index (χ1) is 58.8. The predicted octanol–water partition coefficient (Wildman–Crippen LogP) is 34.0. The molecule has 0 N–H and O–H groups in total. The third-order valence-corrected chi connectivity index (χ3v) is 25.9. The van der Waals surface area contributed by atoms with Gasteiger partial charge in [0.2, 0.25) is 0 Å². The highest BCUT2D eigenvalue weighted by Gasteiger charge is 2.36. The normalized spacial score (nSPS) is 12.8. The van der Waals surface area contributed by atoms with Gasteiger partial charge in [-0.1, -0.05) is 391 Å². The molecule has 0 heterocycles. The maximum Gasteiger partial charge on any atom is 0.0992 e. The second-order valence-corrected chi connectivity index (χ2v) is 39.9. The van der Waals surface area contributed by atoms with Crippen molar-refractivity contribution < 1.29 is 0 Å². The number of nitrogens with zero attached hydrogens (tertiary/aromatic N) is 2. The highest BCUT2D eigenvalue weighted by molar-refractivity contribution is 6.20. The van der Waals surface area contributed by atoms with Crippen molar-refractivity contribution in [1.29, 1.82) is 10.5 Å². The fourth-order valence-electron chi connectivity index (χ4n) is 19.9. The minimum absolute atomic E-state index is 0.0190. The number of benzene rings is 19. The zero-order valence-corrected chi connectivity index (χ0v) is 74.1. The van der Waals surface area contributed by atoms with E-state index >= 15 is 0 Å². The largest absolute Gasteiger partial charge is 0.192 e. The molecule has 0 bridgehead atoms. The van der Waals surface area contributed by atoms with E-state index in [1.54, 1.807) is 6.07 Å². The molecule has 0 radical (unpaired) electrons. The maximum atomic E-state index is 9.55. The van der Waals surface area contributed by atoms with Crippen molar-refractivity contribution in [1.82, 2.24) is 0 Å². The molecule has 0 atom stereocenters. The molecule has 1 aliphatic carbocycles. The van der Waals surface area contributed by atoms with E-state index in [9.17, 15) is 10.5 Å². The van der Waals surface area contributed by atoms with Crippen LogP contribution in [0.4, 0.5) is 0 Å². The van der Waals surface area contributed by atoms with Crippen LogP contribution in [0.1, 0.15) is 168 Å². The van der Waals surface area contributed by atoms with Gasteiger partial charge < -0.3 is 0 Å². The van der Waals surface area contributed by atoms with Crippen LogP contribution >= 0.6 is 0 Å². The number of nitriles is 2. The minimum Gasteiger partial charge on any atom is -0.192 e. The van der Waals surface area contributed by atoms with E-state index in [4.69, 9.17) is 0 Å². The topological polar surface area (TPSA) is 47.6 Å². The van der Waals surface area contributed by atoms with E-state index in [1.807, 2.05) is 12.1 Å². The lowest BCUT2D eigenvalue weighted by atomic mass is 9.76. The molecule has 20 rings (SSSR count). The Labute approximate surface area is 726 Å². The van der Waals surface area contributed by atoms with Gasteiger partial charge in [0.1, 0.15) is 0 Å². The highest BCUT2D eigenvalue weighted by atomic mass is 14.4. The number of hydrogen-bond acceptors (Lipinski definition) is 2. The number of hydrogen-bond donors (Lipinski definition) is 0.